The Morgan fingerprint density at radius 1 is 1.11 bits per heavy atom. The highest BCUT2D eigenvalue weighted by atomic mass is 16.5. The molecule has 0 N–H and O–H groups in total. The smallest absolute Gasteiger partial charge is 0.203 e. The van der Waals surface area contributed by atoms with Crippen LogP contribution in [0.2, 0.25) is 0 Å². The maximum absolute atomic E-state index is 12.7. The summed E-state index contributed by atoms with van der Waals surface area (Å²) in [5.74, 6) is 0.877. The van der Waals surface area contributed by atoms with Crippen LogP contribution in [-0.2, 0) is 6.61 Å². The molecule has 3 aromatic rings. The van der Waals surface area contributed by atoms with Crippen LogP contribution in [0.1, 0.15) is 21.5 Å². The van der Waals surface area contributed by atoms with Gasteiger partial charge in [0, 0.05) is 29.1 Å². The van der Waals surface area contributed by atoms with Gasteiger partial charge in [0.25, 0.3) is 0 Å². The summed E-state index contributed by atoms with van der Waals surface area (Å²) in [5.41, 5.74) is 2.03. The van der Waals surface area contributed by atoms with Gasteiger partial charge in [0.2, 0.25) is 5.78 Å². The predicted octanol–water partition coefficient (Wildman–Crippen LogP) is 4.46. The first-order valence-electron chi connectivity index (χ1n) is 8.62. The highest BCUT2D eigenvalue weighted by Gasteiger charge is 2.13. The van der Waals surface area contributed by atoms with E-state index in [2.05, 4.69) is 4.98 Å². The van der Waals surface area contributed by atoms with Crippen molar-refractivity contribution in [1.29, 1.82) is 5.26 Å². The first-order valence-corrected chi connectivity index (χ1v) is 8.62. The van der Waals surface area contributed by atoms with Crippen molar-refractivity contribution in [2.24, 2.45) is 0 Å². The number of Topliss-reactive ketones (excluding diaryl/α,β-unsaturated/α-hetero) is 1. The third-order valence-electron chi connectivity index (χ3n) is 4.05. The van der Waals surface area contributed by atoms with Gasteiger partial charge in [-0.3, -0.25) is 9.78 Å². The molecule has 28 heavy (non-hydrogen) atoms. The second-order valence-corrected chi connectivity index (χ2v) is 5.92. The van der Waals surface area contributed by atoms with E-state index < -0.39 is 0 Å². The van der Waals surface area contributed by atoms with Crippen LogP contribution in [0, 0.1) is 11.3 Å². The van der Waals surface area contributed by atoms with Gasteiger partial charge in [-0.1, -0.05) is 24.3 Å². The van der Waals surface area contributed by atoms with Gasteiger partial charge in [0.15, 0.2) is 0 Å². The number of carbonyl (C=O) groups excluding carboxylic acids is 1. The zero-order valence-corrected chi connectivity index (χ0v) is 15.3. The van der Waals surface area contributed by atoms with Gasteiger partial charge < -0.3 is 9.47 Å². The normalized spacial score (nSPS) is 10.8. The number of ketones is 1. The summed E-state index contributed by atoms with van der Waals surface area (Å²) in [4.78, 5) is 16.8. The monoisotopic (exact) mass is 370 g/mol. The van der Waals surface area contributed by atoms with E-state index in [1.807, 2.05) is 30.3 Å². The van der Waals surface area contributed by atoms with Crippen molar-refractivity contribution in [2.45, 2.75) is 6.61 Å². The standard InChI is InChI=1S/C23H18N2O3/c1-27-21-10-8-18(9-11-21)23(26)20(14-24)13-19-6-2-3-7-22(19)28-16-17-5-4-12-25-15-17/h2-13,15H,16H2,1H3/b20-13+. The van der Waals surface area contributed by atoms with E-state index >= 15 is 0 Å². The first-order chi connectivity index (χ1) is 13.7. The highest BCUT2D eigenvalue weighted by Crippen LogP contribution is 2.23. The van der Waals surface area contributed by atoms with Crippen molar-refractivity contribution in [3.63, 3.8) is 0 Å². The van der Waals surface area contributed by atoms with Crippen LogP contribution in [0.25, 0.3) is 6.08 Å². The second kappa shape index (κ2) is 9.15. The van der Waals surface area contributed by atoms with E-state index in [1.165, 1.54) is 0 Å². The number of nitriles is 1. The number of pyridine rings is 1. The minimum atomic E-state index is -0.354. The lowest BCUT2D eigenvalue weighted by Crippen LogP contribution is -2.02. The molecule has 0 aliphatic rings. The van der Waals surface area contributed by atoms with Crippen molar-refractivity contribution in [1.82, 2.24) is 4.98 Å². The van der Waals surface area contributed by atoms with Gasteiger partial charge in [-0.25, -0.2) is 0 Å². The fourth-order valence-corrected chi connectivity index (χ4v) is 2.58. The van der Waals surface area contributed by atoms with Crippen LogP contribution in [0.15, 0.2) is 78.6 Å². The Labute approximate surface area is 163 Å². The molecule has 0 atom stereocenters. The summed E-state index contributed by atoms with van der Waals surface area (Å²) in [7, 11) is 1.56. The molecule has 0 amide bonds. The van der Waals surface area contributed by atoms with E-state index in [0.717, 1.165) is 5.56 Å². The summed E-state index contributed by atoms with van der Waals surface area (Å²) in [5, 5.41) is 9.51. The average Bonchev–Trinajstić information content (AvgIpc) is 2.77. The Morgan fingerprint density at radius 3 is 2.57 bits per heavy atom. The summed E-state index contributed by atoms with van der Waals surface area (Å²) < 4.78 is 11.0. The van der Waals surface area contributed by atoms with E-state index in [4.69, 9.17) is 9.47 Å². The molecule has 0 bridgehead atoms. The molecule has 0 saturated heterocycles. The quantitative estimate of drug-likeness (QED) is 0.349. The fourth-order valence-electron chi connectivity index (χ4n) is 2.58. The van der Waals surface area contributed by atoms with E-state index in [0.29, 0.717) is 29.2 Å². The van der Waals surface area contributed by atoms with Crippen LogP contribution >= 0.6 is 0 Å². The number of nitrogens with zero attached hydrogens (tertiary/aromatic N) is 2. The van der Waals surface area contributed by atoms with Gasteiger partial charge in [0.05, 0.1) is 7.11 Å². The summed E-state index contributed by atoms with van der Waals surface area (Å²) >= 11 is 0. The van der Waals surface area contributed by atoms with Gasteiger partial charge >= 0.3 is 0 Å². The molecule has 0 radical (unpaired) electrons. The second-order valence-electron chi connectivity index (χ2n) is 5.92. The first kappa shape index (κ1) is 18.9. The Morgan fingerprint density at radius 2 is 1.89 bits per heavy atom. The van der Waals surface area contributed by atoms with Crippen LogP contribution in [0.3, 0.4) is 0 Å². The molecule has 1 aromatic heterocycles. The van der Waals surface area contributed by atoms with Gasteiger partial charge in [-0.05, 0) is 42.5 Å². The minimum Gasteiger partial charge on any atom is -0.497 e. The summed E-state index contributed by atoms with van der Waals surface area (Å²) in [6.07, 6.45) is 4.97. The summed E-state index contributed by atoms with van der Waals surface area (Å²) in [6, 6.07) is 19.7. The molecule has 0 fully saturated rings. The lowest BCUT2D eigenvalue weighted by atomic mass is 10.0. The Balaban J connectivity index is 1.84. The largest absolute Gasteiger partial charge is 0.497 e. The maximum atomic E-state index is 12.7. The van der Waals surface area contributed by atoms with Crippen LogP contribution < -0.4 is 9.47 Å². The van der Waals surface area contributed by atoms with Crippen molar-refractivity contribution >= 4 is 11.9 Å². The molecule has 138 valence electrons. The minimum absolute atomic E-state index is 0.0302. The zero-order valence-electron chi connectivity index (χ0n) is 15.3. The number of hydrogen-bond donors (Lipinski definition) is 0. The Hall–Kier alpha value is -3.91. The molecule has 0 unspecified atom stereocenters. The third-order valence-corrected chi connectivity index (χ3v) is 4.05. The average molecular weight is 370 g/mol. The highest BCUT2D eigenvalue weighted by molar-refractivity contribution is 6.14. The van der Waals surface area contributed by atoms with Gasteiger partial charge in [-0.2, -0.15) is 5.26 Å². The van der Waals surface area contributed by atoms with Crippen molar-refractivity contribution in [3.05, 3.63) is 95.3 Å². The Bertz CT molecular complexity index is 1020. The zero-order chi connectivity index (χ0) is 19.8. The number of para-hydroxylation sites is 1. The molecule has 0 aliphatic heterocycles. The number of allylic oxidation sites excluding steroid dienone is 1. The SMILES string of the molecule is COc1ccc(C(=O)/C(C#N)=C/c2ccccc2OCc2cccnc2)cc1. The topological polar surface area (TPSA) is 72.2 Å². The van der Waals surface area contributed by atoms with Crippen molar-refractivity contribution in [3.8, 4) is 17.6 Å². The van der Waals surface area contributed by atoms with Crippen LogP contribution in [-0.4, -0.2) is 17.9 Å². The number of aromatic nitrogens is 1. The molecule has 0 saturated carbocycles. The molecule has 1 heterocycles. The van der Waals surface area contributed by atoms with Gasteiger partial charge in [0.1, 0.15) is 29.7 Å². The van der Waals surface area contributed by atoms with Crippen LogP contribution in [0.4, 0.5) is 0 Å². The Kier molecular flexibility index (Phi) is 6.17. The molecule has 5 heteroatoms. The molecular formula is C23H18N2O3. The molecule has 0 spiro atoms. The van der Waals surface area contributed by atoms with Crippen molar-refractivity contribution < 1.29 is 14.3 Å². The maximum Gasteiger partial charge on any atom is 0.203 e. The van der Waals surface area contributed by atoms with Crippen LogP contribution in [0.5, 0.6) is 11.5 Å². The number of rotatable bonds is 7. The lowest BCUT2D eigenvalue weighted by molar-refractivity contribution is 0.104. The van der Waals surface area contributed by atoms with Gasteiger partial charge in [-0.15, -0.1) is 0 Å². The van der Waals surface area contributed by atoms with E-state index in [-0.39, 0.29) is 11.4 Å². The number of methoxy groups -OCH3 is 1. The molecule has 5 nitrogen and oxygen atoms in total. The third kappa shape index (κ3) is 4.63. The van der Waals surface area contributed by atoms with E-state index in [1.54, 1.807) is 62.0 Å². The number of carbonyl (C=O) groups is 1. The molecule has 2 aromatic carbocycles. The molecular weight excluding hydrogens is 352 g/mol. The molecule has 3 rings (SSSR count). The number of hydrogen-bond acceptors (Lipinski definition) is 5. The fraction of sp³-hybridized carbons (Fsp3) is 0.0870. The van der Waals surface area contributed by atoms with Crippen molar-refractivity contribution in [2.75, 3.05) is 7.11 Å². The number of ether oxygens (including phenoxy) is 2. The summed E-state index contributed by atoms with van der Waals surface area (Å²) in [6.45, 7) is 0.340. The number of benzene rings is 2. The predicted molar refractivity (Wildman–Crippen MR) is 106 cm³/mol. The lowest BCUT2D eigenvalue weighted by Gasteiger charge is -2.09. The molecule has 0 aliphatic carbocycles. The van der Waals surface area contributed by atoms with E-state index in [9.17, 15) is 10.1 Å².